The Morgan fingerprint density at radius 2 is 1.80 bits per heavy atom. The van der Waals surface area contributed by atoms with Crippen LogP contribution in [0.25, 0.3) is 0 Å². The topological polar surface area (TPSA) is 44.5 Å². The Labute approximate surface area is 93.3 Å². The van der Waals surface area contributed by atoms with Crippen LogP contribution in [0.3, 0.4) is 0 Å². The quantitative estimate of drug-likeness (QED) is 0.763. The van der Waals surface area contributed by atoms with Crippen LogP contribution in [0.1, 0.15) is 46.0 Å². The number of nitrogens with two attached hydrogens (primary N) is 1. The largest absolute Gasteiger partial charge is 0.379 e. The maximum absolute atomic E-state index is 5.84. The molecule has 2 N–H and O–H groups in total. The first-order chi connectivity index (χ1) is 7.03. The van der Waals surface area contributed by atoms with E-state index >= 15 is 0 Å². The van der Waals surface area contributed by atoms with E-state index in [4.69, 9.17) is 15.2 Å². The lowest BCUT2D eigenvalue weighted by molar-refractivity contribution is -0.0350. The third-order valence-corrected chi connectivity index (χ3v) is 3.33. The summed E-state index contributed by atoms with van der Waals surface area (Å²) in [5.74, 6) is 0. The third-order valence-electron chi connectivity index (χ3n) is 3.33. The SMILES string of the molecule is COC(C)(C)CCOC1CCC(N)CC1. The van der Waals surface area contributed by atoms with Gasteiger partial charge in [0.1, 0.15) is 0 Å². The molecule has 0 radical (unpaired) electrons. The third kappa shape index (κ3) is 4.96. The standard InChI is InChI=1S/C12H25NO2/c1-12(2,14-3)8-9-15-11-6-4-10(13)5-7-11/h10-11H,4-9,13H2,1-3H3. The maximum Gasteiger partial charge on any atom is 0.0644 e. The van der Waals surface area contributed by atoms with Crippen LogP contribution in [0.15, 0.2) is 0 Å². The highest BCUT2D eigenvalue weighted by Gasteiger charge is 2.21. The van der Waals surface area contributed by atoms with E-state index in [9.17, 15) is 0 Å². The van der Waals surface area contributed by atoms with Crippen molar-refractivity contribution in [1.82, 2.24) is 0 Å². The summed E-state index contributed by atoms with van der Waals surface area (Å²) in [7, 11) is 1.75. The summed E-state index contributed by atoms with van der Waals surface area (Å²) in [6, 6.07) is 0.403. The molecule has 0 amide bonds. The van der Waals surface area contributed by atoms with Gasteiger partial charge in [0.15, 0.2) is 0 Å². The summed E-state index contributed by atoms with van der Waals surface area (Å²) in [6.07, 6.45) is 5.84. The van der Waals surface area contributed by atoms with E-state index in [0.717, 1.165) is 38.7 Å². The van der Waals surface area contributed by atoms with Crippen molar-refractivity contribution in [1.29, 1.82) is 0 Å². The molecule has 0 aromatic rings. The van der Waals surface area contributed by atoms with Crippen molar-refractivity contribution < 1.29 is 9.47 Å². The van der Waals surface area contributed by atoms with Crippen LogP contribution in [-0.4, -0.2) is 31.5 Å². The predicted octanol–water partition coefficient (Wildman–Crippen LogP) is 2.09. The molecule has 0 aromatic carbocycles. The first-order valence-corrected chi connectivity index (χ1v) is 5.96. The molecule has 3 nitrogen and oxygen atoms in total. The summed E-state index contributed by atoms with van der Waals surface area (Å²) >= 11 is 0. The highest BCUT2D eigenvalue weighted by Crippen LogP contribution is 2.21. The Kier molecular flexibility index (Phi) is 5.03. The maximum atomic E-state index is 5.84. The van der Waals surface area contributed by atoms with Crippen LogP contribution in [-0.2, 0) is 9.47 Å². The lowest BCUT2D eigenvalue weighted by Gasteiger charge is -2.28. The van der Waals surface area contributed by atoms with Crippen LogP contribution < -0.4 is 5.73 Å². The molecule has 1 aliphatic carbocycles. The van der Waals surface area contributed by atoms with E-state index in [2.05, 4.69) is 13.8 Å². The second-order valence-electron chi connectivity index (χ2n) is 5.12. The zero-order valence-electron chi connectivity index (χ0n) is 10.3. The predicted molar refractivity (Wildman–Crippen MR) is 61.9 cm³/mol. The Bertz CT molecular complexity index is 174. The van der Waals surface area contributed by atoms with Gasteiger partial charge in [-0.25, -0.2) is 0 Å². The average molecular weight is 215 g/mol. The molecule has 0 heterocycles. The van der Waals surface area contributed by atoms with Gasteiger partial charge in [-0.1, -0.05) is 0 Å². The first-order valence-electron chi connectivity index (χ1n) is 5.96. The molecule has 0 aliphatic heterocycles. The van der Waals surface area contributed by atoms with Gasteiger partial charge in [-0.2, -0.15) is 0 Å². The van der Waals surface area contributed by atoms with Crippen LogP contribution in [0.5, 0.6) is 0 Å². The van der Waals surface area contributed by atoms with Crippen molar-refractivity contribution in [3.63, 3.8) is 0 Å². The fourth-order valence-corrected chi connectivity index (χ4v) is 1.83. The normalized spacial score (nSPS) is 28.0. The van der Waals surface area contributed by atoms with Gasteiger partial charge in [0, 0.05) is 19.8 Å². The molecule has 0 atom stereocenters. The van der Waals surface area contributed by atoms with E-state index in [-0.39, 0.29) is 5.60 Å². The van der Waals surface area contributed by atoms with Gasteiger partial charge < -0.3 is 15.2 Å². The molecule has 1 fully saturated rings. The fourth-order valence-electron chi connectivity index (χ4n) is 1.83. The lowest BCUT2D eigenvalue weighted by Crippen LogP contribution is -2.31. The molecule has 0 unspecified atom stereocenters. The lowest BCUT2D eigenvalue weighted by atomic mass is 9.93. The van der Waals surface area contributed by atoms with Crippen molar-refractivity contribution in [2.45, 2.75) is 63.7 Å². The summed E-state index contributed by atoms with van der Waals surface area (Å²) in [6.45, 7) is 4.97. The van der Waals surface area contributed by atoms with Gasteiger partial charge in [-0.15, -0.1) is 0 Å². The minimum atomic E-state index is -0.0644. The molecule has 0 bridgehead atoms. The molecular formula is C12H25NO2. The summed E-state index contributed by atoms with van der Waals surface area (Å²) in [5, 5.41) is 0. The molecule has 90 valence electrons. The first kappa shape index (κ1) is 12.9. The van der Waals surface area contributed by atoms with E-state index in [1.807, 2.05) is 0 Å². The highest BCUT2D eigenvalue weighted by atomic mass is 16.5. The molecule has 0 spiro atoms. The van der Waals surface area contributed by atoms with Crippen LogP contribution in [0.2, 0.25) is 0 Å². The molecule has 0 saturated heterocycles. The van der Waals surface area contributed by atoms with Gasteiger partial charge in [-0.05, 0) is 46.0 Å². The highest BCUT2D eigenvalue weighted by molar-refractivity contribution is 4.75. The van der Waals surface area contributed by atoms with Gasteiger partial charge in [0.25, 0.3) is 0 Å². The Morgan fingerprint density at radius 3 is 2.33 bits per heavy atom. The number of methoxy groups -OCH3 is 1. The van der Waals surface area contributed by atoms with Crippen LogP contribution >= 0.6 is 0 Å². The van der Waals surface area contributed by atoms with Crippen LogP contribution in [0.4, 0.5) is 0 Å². The van der Waals surface area contributed by atoms with Crippen molar-refractivity contribution in [2.75, 3.05) is 13.7 Å². The molecular weight excluding hydrogens is 190 g/mol. The Hall–Kier alpha value is -0.120. The van der Waals surface area contributed by atoms with Gasteiger partial charge in [-0.3, -0.25) is 0 Å². The number of hydrogen-bond donors (Lipinski definition) is 1. The smallest absolute Gasteiger partial charge is 0.0644 e. The molecule has 15 heavy (non-hydrogen) atoms. The monoisotopic (exact) mass is 215 g/mol. The van der Waals surface area contributed by atoms with Gasteiger partial charge >= 0.3 is 0 Å². The number of rotatable bonds is 5. The van der Waals surface area contributed by atoms with E-state index in [1.54, 1.807) is 7.11 Å². The minimum Gasteiger partial charge on any atom is -0.379 e. The molecule has 1 aliphatic rings. The molecule has 0 aromatic heterocycles. The molecule has 1 saturated carbocycles. The zero-order valence-corrected chi connectivity index (χ0v) is 10.3. The van der Waals surface area contributed by atoms with Gasteiger partial charge in [0.05, 0.1) is 11.7 Å². The Balaban J connectivity index is 2.10. The second kappa shape index (κ2) is 5.83. The van der Waals surface area contributed by atoms with Crippen LogP contribution in [0, 0.1) is 0 Å². The second-order valence-corrected chi connectivity index (χ2v) is 5.12. The molecule has 1 rings (SSSR count). The van der Waals surface area contributed by atoms with E-state index in [0.29, 0.717) is 12.1 Å². The summed E-state index contributed by atoms with van der Waals surface area (Å²) in [5.41, 5.74) is 5.78. The van der Waals surface area contributed by atoms with E-state index < -0.39 is 0 Å². The van der Waals surface area contributed by atoms with E-state index in [1.165, 1.54) is 0 Å². The number of ether oxygens (including phenoxy) is 2. The number of hydrogen-bond acceptors (Lipinski definition) is 3. The molecule has 3 heteroatoms. The van der Waals surface area contributed by atoms with Crippen molar-refractivity contribution >= 4 is 0 Å². The van der Waals surface area contributed by atoms with Crippen molar-refractivity contribution in [2.24, 2.45) is 5.73 Å². The minimum absolute atomic E-state index is 0.0644. The van der Waals surface area contributed by atoms with Crippen molar-refractivity contribution in [3.05, 3.63) is 0 Å². The zero-order chi connectivity index (χ0) is 11.3. The summed E-state index contributed by atoms with van der Waals surface area (Å²) in [4.78, 5) is 0. The van der Waals surface area contributed by atoms with Crippen molar-refractivity contribution in [3.8, 4) is 0 Å². The average Bonchev–Trinajstić information content (AvgIpc) is 2.21. The summed E-state index contributed by atoms with van der Waals surface area (Å²) < 4.78 is 11.2. The van der Waals surface area contributed by atoms with Gasteiger partial charge in [0.2, 0.25) is 0 Å². The fraction of sp³-hybridized carbons (Fsp3) is 1.00. The Morgan fingerprint density at radius 1 is 1.20 bits per heavy atom.